The maximum absolute atomic E-state index is 5.44. The third-order valence-electron chi connectivity index (χ3n) is 1.91. The van der Waals surface area contributed by atoms with Gasteiger partial charge in [-0.1, -0.05) is 0 Å². The summed E-state index contributed by atoms with van der Waals surface area (Å²) in [5.41, 5.74) is 5.44. The Balaban J connectivity index is 2.22. The monoisotopic (exact) mass is 222 g/mol. The smallest absolute Gasteiger partial charge is 0.197 e. The molecular formula is C8H10N6S. The molecule has 0 aliphatic rings. The molecule has 0 radical (unpaired) electrons. The van der Waals surface area contributed by atoms with Crippen LogP contribution in [0.5, 0.6) is 0 Å². The standard InChI is InChI=1S/C8H10N6S/c1-5-10-13-8(14(5)2)15-7-4-3-6(9)11-12-7/h3-4H,1-2H3,(H2,9,11). The number of anilines is 1. The minimum atomic E-state index is 0.411. The summed E-state index contributed by atoms with van der Waals surface area (Å²) in [5.74, 6) is 1.27. The topological polar surface area (TPSA) is 82.5 Å². The molecule has 78 valence electrons. The van der Waals surface area contributed by atoms with Crippen LogP contribution in [-0.4, -0.2) is 25.0 Å². The van der Waals surface area contributed by atoms with E-state index in [1.54, 1.807) is 12.1 Å². The quantitative estimate of drug-likeness (QED) is 0.803. The average Bonchev–Trinajstić information content (AvgIpc) is 2.53. The summed E-state index contributed by atoms with van der Waals surface area (Å²) in [6.07, 6.45) is 0. The number of hydrogen-bond acceptors (Lipinski definition) is 6. The fraction of sp³-hybridized carbons (Fsp3) is 0.250. The number of nitrogen functional groups attached to an aromatic ring is 1. The second-order valence-corrected chi connectivity index (χ2v) is 3.97. The van der Waals surface area contributed by atoms with Crippen molar-refractivity contribution in [1.82, 2.24) is 25.0 Å². The van der Waals surface area contributed by atoms with Crippen molar-refractivity contribution < 1.29 is 0 Å². The van der Waals surface area contributed by atoms with E-state index in [9.17, 15) is 0 Å². The lowest BCUT2D eigenvalue weighted by Crippen LogP contribution is -1.96. The highest BCUT2D eigenvalue weighted by molar-refractivity contribution is 7.99. The maximum atomic E-state index is 5.44. The number of rotatable bonds is 2. The van der Waals surface area contributed by atoms with Crippen LogP contribution in [0.2, 0.25) is 0 Å². The van der Waals surface area contributed by atoms with Gasteiger partial charge in [-0.3, -0.25) is 0 Å². The predicted octanol–water partition coefficient (Wildman–Crippen LogP) is 0.647. The number of nitrogens with zero attached hydrogens (tertiary/aromatic N) is 5. The van der Waals surface area contributed by atoms with E-state index in [0.717, 1.165) is 16.0 Å². The van der Waals surface area contributed by atoms with E-state index >= 15 is 0 Å². The summed E-state index contributed by atoms with van der Waals surface area (Å²) >= 11 is 1.40. The molecule has 2 N–H and O–H groups in total. The minimum Gasteiger partial charge on any atom is -0.382 e. The molecule has 2 aromatic rings. The van der Waals surface area contributed by atoms with E-state index in [-0.39, 0.29) is 0 Å². The third kappa shape index (κ3) is 2.07. The first kappa shape index (κ1) is 9.91. The molecule has 2 aromatic heterocycles. The van der Waals surface area contributed by atoms with E-state index in [0.29, 0.717) is 5.82 Å². The van der Waals surface area contributed by atoms with E-state index in [1.165, 1.54) is 11.8 Å². The maximum Gasteiger partial charge on any atom is 0.197 e. The van der Waals surface area contributed by atoms with Crippen LogP contribution < -0.4 is 5.73 Å². The van der Waals surface area contributed by atoms with Crippen molar-refractivity contribution in [1.29, 1.82) is 0 Å². The van der Waals surface area contributed by atoms with E-state index in [2.05, 4.69) is 20.4 Å². The lowest BCUT2D eigenvalue weighted by Gasteiger charge is -1.99. The van der Waals surface area contributed by atoms with Gasteiger partial charge in [0, 0.05) is 7.05 Å². The van der Waals surface area contributed by atoms with Crippen LogP contribution >= 0.6 is 11.8 Å². The molecule has 0 atom stereocenters. The van der Waals surface area contributed by atoms with Crippen molar-refractivity contribution in [2.24, 2.45) is 7.05 Å². The van der Waals surface area contributed by atoms with Gasteiger partial charge in [-0.25, -0.2) is 0 Å². The van der Waals surface area contributed by atoms with Gasteiger partial charge in [-0.15, -0.1) is 20.4 Å². The normalized spacial score (nSPS) is 10.5. The van der Waals surface area contributed by atoms with Gasteiger partial charge in [0.05, 0.1) is 0 Å². The van der Waals surface area contributed by atoms with Crippen molar-refractivity contribution in [2.75, 3.05) is 5.73 Å². The zero-order chi connectivity index (χ0) is 10.8. The molecule has 0 bridgehead atoms. The Labute approximate surface area is 90.9 Å². The molecule has 0 spiro atoms. The van der Waals surface area contributed by atoms with E-state index < -0.39 is 0 Å². The van der Waals surface area contributed by atoms with Crippen molar-refractivity contribution in [2.45, 2.75) is 17.1 Å². The zero-order valence-electron chi connectivity index (χ0n) is 8.38. The van der Waals surface area contributed by atoms with Gasteiger partial charge in [0.25, 0.3) is 0 Å². The van der Waals surface area contributed by atoms with Gasteiger partial charge in [-0.2, -0.15) is 0 Å². The van der Waals surface area contributed by atoms with Crippen LogP contribution in [0.15, 0.2) is 22.3 Å². The Hall–Kier alpha value is -1.63. The van der Waals surface area contributed by atoms with Crippen LogP contribution in [0.4, 0.5) is 5.82 Å². The highest BCUT2D eigenvalue weighted by atomic mass is 32.2. The molecule has 0 aliphatic heterocycles. The summed E-state index contributed by atoms with van der Waals surface area (Å²) in [6.45, 7) is 1.89. The molecule has 0 fully saturated rings. The van der Waals surface area contributed by atoms with Crippen LogP contribution in [0.25, 0.3) is 0 Å². The van der Waals surface area contributed by atoms with Crippen molar-refractivity contribution >= 4 is 17.6 Å². The van der Waals surface area contributed by atoms with Gasteiger partial charge in [0.2, 0.25) is 0 Å². The molecule has 0 unspecified atom stereocenters. The van der Waals surface area contributed by atoms with Crippen molar-refractivity contribution in [3.63, 3.8) is 0 Å². The van der Waals surface area contributed by atoms with Crippen LogP contribution in [0, 0.1) is 6.92 Å². The summed E-state index contributed by atoms with van der Waals surface area (Å²) < 4.78 is 1.89. The molecule has 0 amide bonds. The minimum absolute atomic E-state index is 0.411. The lowest BCUT2D eigenvalue weighted by atomic mass is 10.5. The van der Waals surface area contributed by atoms with Crippen LogP contribution in [0.1, 0.15) is 5.82 Å². The summed E-state index contributed by atoms with van der Waals surface area (Å²) in [5, 5.41) is 17.2. The summed E-state index contributed by atoms with van der Waals surface area (Å²) in [4.78, 5) is 0. The van der Waals surface area contributed by atoms with Gasteiger partial charge in [0.1, 0.15) is 16.7 Å². The first-order chi connectivity index (χ1) is 7.16. The average molecular weight is 222 g/mol. The molecule has 15 heavy (non-hydrogen) atoms. The molecule has 0 saturated carbocycles. The fourth-order valence-electron chi connectivity index (χ4n) is 0.955. The molecule has 2 rings (SSSR count). The van der Waals surface area contributed by atoms with Gasteiger partial charge in [-0.05, 0) is 30.8 Å². The van der Waals surface area contributed by atoms with Crippen LogP contribution in [0.3, 0.4) is 0 Å². The third-order valence-corrected chi connectivity index (χ3v) is 2.87. The van der Waals surface area contributed by atoms with Gasteiger partial charge >= 0.3 is 0 Å². The van der Waals surface area contributed by atoms with Gasteiger partial charge in [0.15, 0.2) is 5.16 Å². The number of aromatic nitrogens is 5. The number of hydrogen-bond donors (Lipinski definition) is 1. The fourth-order valence-corrected chi connectivity index (χ4v) is 1.71. The molecular weight excluding hydrogens is 212 g/mol. The second kappa shape index (κ2) is 3.85. The second-order valence-electron chi connectivity index (χ2n) is 2.99. The molecule has 2 heterocycles. The SMILES string of the molecule is Cc1nnc(Sc2ccc(N)nn2)n1C. The number of aryl methyl sites for hydroxylation is 1. The highest BCUT2D eigenvalue weighted by Crippen LogP contribution is 2.23. The van der Waals surface area contributed by atoms with Gasteiger partial charge < -0.3 is 10.3 Å². The van der Waals surface area contributed by atoms with E-state index in [4.69, 9.17) is 5.73 Å². The zero-order valence-corrected chi connectivity index (χ0v) is 9.19. The Kier molecular flexibility index (Phi) is 2.55. The lowest BCUT2D eigenvalue weighted by molar-refractivity contribution is 0.763. The molecule has 0 aromatic carbocycles. The van der Waals surface area contributed by atoms with Crippen LogP contribution in [-0.2, 0) is 7.05 Å². The number of nitrogens with two attached hydrogens (primary N) is 1. The highest BCUT2D eigenvalue weighted by Gasteiger charge is 2.07. The molecule has 0 saturated heterocycles. The largest absolute Gasteiger partial charge is 0.382 e. The first-order valence-corrected chi connectivity index (χ1v) is 5.11. The van der Waals surface area contributed by atoms with Crippen molar-refractivity contribution in [3.8, 4) is 0 Å². The Bertz CT molecular complexity index is 462. The predicted molar refractivity (Wildman–Crippen MR) is 56.3 cm³/mol. The van der Waals surface area contributed by atoms with E-state index in [1.807, 2.05) is 18.5 Å². The van der Waals surface area contributed by atoms with Crippen molar-refractivity contribution in [3.05, 3.63) is 18.0 Å². The Morgan fingerprint density at radius 3 is 2.53 bits per heavy atom. The summed E-state index contributed by atoms with van der Waals surface area (Å²) in [7, 11) is 1.91. The Morgan fingerprint density at radius 1 is 1.20 bits per heavy atom. The first-order valence-electron chi connectivity index (χ1n) is 4.30. The Morgan fingerprint density at radius 2 is 2.00 bits per heavy atom. The summed E-state index contributed by atoms with van der Waals surface area (Å²) in [6, 6.07) is 3.51. The molecule has 7 heteroatoms. The molecule has 0 aliphatic carbocycles. The molecule has 6 nitrogen and oxygen atoms in total.